The molecule has 0 aromatic heterocycles. The fourth-order valence-corrected chi connectivity index (χ4v) is 2.62. The van der Waals surface area contributed by atoms with Crippen LogP contribution in [0.2, 0.25) is 0 Å². The summed E-state index contributed by atoms with van der Waals surface area (Å²) in [5.41, 5.74) is 2.14. The van der Waals surface area contributed by atoms with Gasteiger partial charge in [-0.05, 0) is 72.3 Å². The normalized spacial score (nSPS) is 10.7. The van der Waals surface area contributed by atoms with Gasteiger partial charge in [-0.2, -0.15) is 0 Å². The van der Waals surface area contributed by atoms with Crippen LogP contribution in [0.25, 0.3) is 6.08 Å². The van der Waals surface area contributed by atoms with E-state index in [1.807, 2.05) is 0 Å². The van der Waals surface area contributed by atoms with Crippen LogP contribution in [-0.4, -0.2) is 27.2 Å². The Hall–Kier alpha value is -4.06. The van der Waals surface area contributed by atoms with E-state index in [9.17, 15) is 19.8 Å². The Morgan fingerprint density at radius 3 is 1.61 bits per heavy atom. The Bertz CT molecular complexity index is 961. The predicted octanol–water partition coefficient (Wildman–Crippen LogP) is 4.17. The summed E-state index contributed by atoms with van der Waals surface area (Å²) in [6, 6.07) is 18.9. The SMILES string of the molecule is O=C(O)/C=C/c1ccc(C(=O)N(c2ccc(O)cc2)c2ccc(O)cc2)cc1. The van der Waals surface area contributed by atoms with Gasteiger partial charge in [0.05, 0.1) is 0 Å². The van der Waals surface area contributed by atoms with Crippen LogP contribution in [0.15, 0.2) is 78.9 Å². The number of hydrogen-bond acceptors (Lipinski definition) is 4. The first kappa shape index (κ1) is 18.7. The molecule has 1 amide bonds. The third kappa shape index (κ3) is 4.37. The van der Waals surface area contributed by atoms with Crippen molar-refractivity contribution >= 4 is 29.3 Å². The molecule has 0 fully saturated rings. The van der Waals surface area contributed by atoms with Gasteiger partial charge >= 0.3 is 5.97 Å². The lowest BCUT2D eigenvalue weighted by atomic mass is 10.1. The van der Waals surface area contributed by atoms with E-state index >= 15 is 0 Å². The van der Waals surface area contributed by atoms with Gasteiger partial charge in [0.25, 0.3) is 5.91 Å². The molecule has 6 heteroatoms. The zero-order chi connectivity index (χ0) is 20.1. The minimum absolute atomic E-state index is 0.0800. The smallest absolute Gasteiger partial charge is 0.328 e. The van der Waals surface area contributed by atoms with Gasteiger partial charge in [-0.3, -0.25) is 9.69 Å². The fourth-order valence-electron chi connectivity index (χ4n) is 2.62. The molecule has 3 N–H and O–H groups in total. The highest BCUT2D eigenvalue weighted by molar-refractivity contribution is 6.11. The molecule has 3 aromatic rings. The van der Waals surface area contributed by atoms with Crippen molar-refractivity contribution in [2.45, 2.75) is 0 Å². The Kier molecular flexibility index (Phi) is 5.41. The Labute approximate surface area is 161 Å². The zero-order valence-electron chi connectivity index (χ0n) is 14.7. The third-order valence-corrected chi connectivity index (χ3v) is 3.99. The molecular weight excluding hydrogens is 358 g/mol. The van der Waals surface area contributed by atoms with Gasteiger partial charge in [0.1, 0.15) is 11.5 Å². The molecule has 0 spiro atoms. The summed E-state index contributed by atoms with van der Waals surface area (Å²) in [5, 5.41) is 27.8. The molecule has 0 atom stereocenters. The van der Waals surface area contributed by atoms with E-state index in [4.69, 9.17) is 5.11 Å². The molecule has 3 rings (SSSR count). The monoisotopic (exact) mass is 375 g/mol. The van der Waals surface area contributed by atoms with E-state index in [0.29, 0.717) is 22.5 Å². The van der Waals surface area contributed by atoms with Gasteiger partial charge < -0.3 is 15.3 Å². The van der Waals surface area contributed by atoms with E-state index in [-0.39, 0.29) is 17.4 Å². The van der Waals surface area contributed by atoms with Crippen molar-refractivity contribution in [3.8, 4) is 11.5 Å². The number of aliphatic carboxylic acids is 1. The number of phenolic OH excluding ortho intramolecular Hbond substituents is 2. The molecule has 0 aliphatic heterocycles. The Morgan fingerprint density at radius 2 is 1.18 bits per heavy atom. The Morgan fingerprint density at radius 1 is 0.714 bits per heavy atom. The number of nitrogens with zero attached hydrogens (tertiary/aromatic N) is 1. The fraction of sp³-hybridized carbons (Fsp3) is 0. The predicted molar refractivity (Wildman–Crippen MR) is 106 cm³/mol. The maximum atomic E-state index is 13.2. The van der Waals surface area contributed by atoms with E-state index in [1.165, 1.54) is 35.2 Å². The topological polar surface area (TPSA) is 98.1 Å². The summed E-state index contributed by atoms with van der Waals surface area (Å²) in [7, 11) is 0. The number of aromatic hydroxyl groups is 2. The van der Waals surface area contributed by atoms with E-state index in [1.54, 1.807) is 48.5 Å². The van der Waals surface area contributed by atoms with Gasteiger partial charge in [-0.1, -0.05) is 12.1 Å². The van der Waals surface area contributed by atoms with E-state index in [2.05, 4.69) is 0 Å². The number of hydrogen-bond donors (Lipinski definition) is 3. The van der Waals surface area contributed by atoms with Crippen LogP contribution in [-0.2, 0) is 4.79 Å². The van der Waals surface area contributed by atoms with Crippen LogP contribution in [0.4, 0.5) is 11.4 Å². The minimum atomic E-state index is -1.05. The molecule has 28 heavy (non-hydrogen) atoms. The third-order valence-electron chi connectivity index (χ3n) is 3.99. The molecule has 3 aromatic carbocycles. The molecule has 0 heterocycles. The number of carbonyl (C=O) groups is 2. The van der Waals surface area contributed by atoms with Gasteiger partial charge in [0, 0.05) is 23.0 Å². The quantitative estimate of drug-likeness (QED) is 0.581. The van der Waals surface area contributed by atoms with Gasteiger partial charge in [0.2, 0.25) is 0 Å². The summed E-state index contributed by atoms with van der Waals surface area (Å²) in [5.74, 6) is -1.20. The second-order valence-corrected chi connectivity index (χ2v) is 5.97. The highest BCUT2D eigenvalue weighted by Gasteiger charge is 2.20. The first-order chi connectivity index (χ1) is 13.4. The highest BCUT2D eigenvalue weighted by atomic mass is 16.4. The lowest BCUT2D eigenvalue weighted by molar-refractivity contribution is -0.131. The lowest BCUT2D eigenvalue weighted by Gasteiger charge is -2.23. The largest absolute Gasteiger partial charge is 0.508 e. The number of phenols is 2. The average Bonchev–Trinajstić information content (AvgIpc) is 2.70. The minimum Gasteiger partial charge on any atom is -0.508 e. The molecule has 140 valence electrons. The van der Waals surface area contributed by atoms with E-state index < -0.39 is 5.97 Å². The maximum absolute atomic E-state index is 13.2. The van der Waals surface area contributed by atoms with Gasteiger partial charge in [0.15, 0.2) is 0 Å². The van der Waals surface area contributed by atoms with Crippen molar-refractivity contribution in [3.63, 3.8) is 0 Å². The molecule has 0 unspecified atom stereocenters. The van der Waals surface area contributed by atoms with Crippen molar-refractivity contribution < 1.29 is 24.9 Å². The average molecular weight is 375 g/mol. The molecule has 0 saturated carbocycles. The van der Waals surface area contributed by atoms with E-state index in [0.717, 1.165) is 6.08 Å². The molecule has 0 aliphatic carbocycles. The second-order valence-electron chi connectivity index (χ2n) is 5.97. The van der Waals surface area contributed by atoms with Crippen LogP contribution >= 0.6 is 0 Å². The molecule has 6 nitrogen and oxygen atoms in total. The van der Waals surface area contributed by atoms with Crippen molar-refractivity contribution in [1.29, 1.82) is 0 Å². The van der Waals surface area contributed by atoms with Crippen molar-refractivity contribution in [1.82, 2.24) is 0 Å². The summed E-state index contributed by atoms with van der Waals surface area (Å²) in [6.45, 7) is 0. The number of anilines is 2. The van der Waals surface area contributed by atoms with Crippen molar-refractivity contribution in [2.24, 2.45) is 0 Å². The number of carboxylic acids is 1. The van der Waals surface area contributed by atoms with Gasteiger partial charge in [-0.25, -0.2) is 4.79 Å². The number of rotatable bonds is 5. The Balaban J connectivity index is 1.97. The molecule has 0 saturated heterocycles. The number of benzene rings is 3. The molecular formula is C22H17NO5. The number of carboxylic acid groups (broad SMARTS) is 1. The van der Waals surface area contributed by atoms with Gasteiger partial charge in [-0.15, -0.1) is 0 Å². The summed E-state index contributed by atoms with van der Waals surface area (Å²) in [4.78, 5) is 25.3. The number of carbonyl (C=O) groups excluding carboxylic acids is 1. The standard InChI is InChI=1S/C22H17NO5/c24-19-10-6-17(7-11-19)23(18-8-12-20(25)13-9-18)22(28)16-4-1-15(2-5-16)3-14-21(26)27/h1-14,24-25H,(H,26,27)/b14-3+. The highest BCUT2D eigenvalue weighted by Crippen LogP contribution is 2.30. The second kappa shape index (κ2) is 8.09. The molecule has 0 radical (unpaired) electrons. The van der Waals surface area contributed by atoms with Crippen molar-refractivity contribution in [2.75, 3.05) is 4.90 Å². The first-order valence-corrected chi connectivity index (χ1v) is 8.37. The molecule has 0 bridgehead atoms. The van der Waals surface area contributed by atoms with Crippen LogP contribution < -0.4 is 4.90 Å². The van der Waals surface area contributed by atoms with Crippen LogP contribution in [0, 0.1) is 0 Å². The summed E-state index contributed by atoms with van der Waals surface area (Å²) >= 11 is 0. The lowest BCUT2D eigenvalue weighted by Crippen LogP contribution is -2.25. The zero-order valence-corrected chi connectivity index (χ0v) is 14.7. The van der Waals surface area contributed by atoms with Crippen LogP contribution in [0.1, 0.15) is 15.9 Å². The first-order valence-electron chi connectivity index (χ1n) is 8.37. The van der Waals surface area contributed by atoms with Crippen LogP contribution in [0.3, 0.4) is 0 Å². The summed E-state index contributed by atoms with van der Waals surface area (Å²) < 4.78 is 0. The van der Waals surface area contributed by atoms with Crippen LogP contribution in [0.5, 0.6) is 11.5 Å². The van der Waals surface area contributed by atoms with Crippen molar-refractivity contribution in [3.05, 3.63) is 90.0 Å². The molecule has 0 aliphatic rings. The maximum Gasteiger partial charge on any atom is 0.328 e. The number of amides is 1. The summed E-state index contributed by atoms with van der Waals surface area (Å²) in [6.07, 6.45) is 2.46.